The Bertz CT molecular complexity index is 1220. The molecule has 0 aliphatic carbocycles. The number of fused-ring (bicyclic) bond motifs is 1. The molecule has 3 aromatic rings. The highest BCUT2D eigenvalue weighted by Crippen LogP contribution is 2.31. The Morgan fingerprint density at radius 2 is 1.66 bits per heavy atom. The number of anilines is 2. The highest BCUT2D eigenvalue weighted by atomic mass is 32.2. The molecule has 5 rings (SSSR count). The fourth-order valence-corrected chi connectivity index (χ4v) is 5.68. The molecule has 2 aromatic carbocycles. The van der Waals surface area contributed by atoms with Crippen LogP contribution >= 0.6 is 0 Å². The van der Waals surface area contributed by atoms with Gasteiger partial charge in [-0.3, -0.25) is 9.89 Å². The maximum absolute atomic E-state index is 12.9. The number of hydrogen-bond donors (Lipinski definition) is 2. The first kappa shape index (κ1) is 20.7. The van der Waals surface area contributed by atoms with Crippen molar-refractivity contribution in [3.05, 3.63) is 71.4 Å². The van der Waals surface area contributed by atoms with E-state index in [-0.39, 0.29) is 23.9 Å². The summed E-state index contributed by atoms with van der Waals surface area (Å²) in [6.45, 7) is 2.45. The Balaban J connectivity index is 1.28. The number of nitrogens with one attached hydrogen (secondary N) is 2. The molecule has 0 atom stereocenters. The molecular weight excluding hydrogens is 426 g/mol. The van der Waals surface area contributed by atoms with Crippen molar-refractivity contribution in [3.63, 3.8) is 0 Å². The first-order chi connectivity index (χ1) is 15.5. The normalized spacial score (nSPS) is 16.7. The summed E-state index contributed by atoms with van der Waals surface area (Å²) < 4.78 is 27.2. The third-order valence-electron chi connectivity index (χ3n) is 6.09. The maximum Gasteiger partial charge on any atom is 0.256 e. The van der Waals surface area contributed by atoms with Gasteiger partial charge in [-0.05, 0) is 55.7 Å². The van der Waals surface area contributed by atoms with Gasteiger partial charge in [-0.1, -0.05) is 18.2 Å². The first-order valence-electron chi connectivity index (χ1n) is 10.8. The summed E-state index contributed by atoms with van der Waals surface area (Å²) in [5.74, 6) is 0.102. The number of hydrogen-bond acceptors (Lipinski definition) is 5. The predicted octanol–water partition coefficient (Wildman–Crippen LogP) is 3.36. The molecule has 166 valence electrons. The van der Waals surface area contributed by atoms with Crippen molar-refractivity contribution in [2.45, 2.75) is 37.2 Å². The molecule has 1 saturated heterocycles. The van der Waals surface area contributed by atoms with Crippen LogP contribution in [0.25, 0.3) is 0 Å². The zero-order chi connectivity index (χ0) is 22.1. The third-order valence-corrected chi connectivity index (χ3v) is 7.89. The Hall–Kier alpha value is -3.17. The van der Waals surface area contributed by atoms with Crippen LogP contribution in [0.3, 0.4) is 0 Å². The van der Waals surface area contributed by atoms with Crippen LogP contribution in [0.2, 0.25) is 0 Å². The van der Waals surface area contributed by atoms with Gasteiger partial charge in [-0.2, -0.15) is 9.40 Å². The lowest BCUT2D eigenvalue weighted by atomic mass is 10.1. The molecule has 0 unspecified atom stereocenters. The van der Waals surface area contributed by atoms with E-state index in [0.717, 1.165) is 18.8 Å². The number of sulfonamides is 1. The standard InChI is InChI=1S/C23H25N5O3S/c29-23(17-9-11-18(12-10-17)27-13-5-2-6-14-27)24-22-20-15-28(16-21(20)25-26-22)32(30,31)19-7-3-1-4-8-19/h1,3-4,7-12H,2,5-6,13-16H2,(H2,24,25,26,29). The third kappa shape index (κ3) is 3.89. The summed E-state index contributed by atoms with van der Waals surface area (Å²) in [6.07, 6.45) is 3.67. The average Bonchev–Trinajstić information content (AvgIpc) is 3.43. The lowest BCUT2D eigenvalue weighted by molar-refractivity contribution is 0.102. The van der Waals surface area contributed by atoms with Gasteiger partial charge in [0, 0.05) is 36.4 Å². The van der Waals surface area contributed by atoms with E-state index in [0.29, 0.717) is 22.6 Å². The number of aromatic nitrogens is 2. The van der Waals surface area contributed by atoms with Crippen molar-refractivity contribution < 1.29 is 13.2 Å². The molecule has 2 aliphatic rings. The number of aromatic amines is 1. The van der Waals surface area contributed by atoms with Gasteiger partial charge in [0.05, 0.1) is 17.1 Å². The van der Waals surface area contributed by atoms with Gasteiger partial charge in [0.2, 0.25) is 10.0 Å². The van der Waals surface area contributed by atoms with E-state index in [1.54, 1.807) is 30.3 Å². The van der Waals surface area contributed by atoms with Crippen LogP contribution in [0.5, 0.6) is 0 Å². The Morgan fingerprint density at radius 1 is 0.938 bits per heavy atom. The van der Waals surface area contributed by atoms with Crippen molar-refractivity contribution in [2.24, 2.45) is 0 Å². The Kier molecular flexibility index (Phi) is 5.44. The fourth-order valence-electron chi connectivity index (χ4n) is 4.28. The van der Waals surface area contributed by atoms with Crippen molar-refractivity contribution in [1.82, 2.24) is 14.5 Å². The van der Waals surface area contributed by atoms with E-state index in [1.165, 1.54) is 23.6 Å². The highest BCUT2D eigenvalue weighted by molar-refractivity contribution is 7.89. The number of piperidine rings is 1. The van der Waals surface area contributed by atoms with Gasteiger partial charge in [0.1, 0.15) is 0 Å². The largest absolute Gasteiger partial charge is 0.372 e. The molecule has 2 aliphatic heterocycles. The minimum Gasteiger partial charge on any atom is -0.372 e. The van der Waals surface area contributed by atoms with Crippen LogP contribution in [-0.2, 0) is 23.1 Å². The SMILES string of the molecule is O=C(Nc1n[nH]c2c1CN(S(=O)(=O)c1ccccc1)C2)c1ccc(N2CCCCC2)cc1. The number of H-pyrrole nitrogens is 1. The summed E-state index contributed by atoms with van der Waals surface area (Å²) in [7, 11) is -3.62. The van der Waals surface area contributed by atoms with Crippen molar-refractivity contribution >= 4 is 27.4 Å². The molecule has 32 heavy (non-hydrogen) atoms. The topological polar surface area (TPSA) is 98.4 Å². The molecule has 0 bridgehead atoms. The van der Waals surface area contributed by atoms with Crippen LogP contribution < -0.4 is 10.2 Å². The van der Waals surface area contributed by atoms with Gasteiger partial charge in [0.25, 0.3) is 5.91 Å². The van der Waals surface area contributed by atoms with E-state index < -0.39 is 10.0 Å². The minimum atomic E-state index is -3.62. The molecular formula is C23H25N5O3S. The zero-order valence-electron chi connectivity index (χ0n) is 17.6. The Morgan fingerprint density at radius 3 is 2.38 bits per heavy atom. The predicted molar refractivity (Wildman–Crippen MR) is 122 cm³/mol. The number of nitrogens with zero attached hydrogens (tertiary/aromatic N) is 3. The van der Waals surface area contributed by atoms with Crippen LogP contribution in [-0.4, -0.2) is 41.9 Å². The summed E-state index contributed by atoms with van der Waals surface area (Å²) in [4.78, 5) is 15.4. The summed E-state index contributed by atoms with van der Waals surface area (Å²) >= 11 is 0. The molecule has 0 saturated carbocycles. The van der Waals surface area contributed by atoms with Gasteiger partial charge in [-0.25, -0.2) is 8.42 Å². The van der Waals surface area contributed by atoms with Crippen LogP contribution in [0.15, 0.2) is 59.5 Å². The van der Waals surface area contributed by atoms with Crippen molar-refractivity contribution in [1.29, 1.82) is 0 Å². The van der Waals surface area contributed by atoms with E-state index >= 15 is 0 Å². The number of benzene rings is 2. The van der Waals surface area contributed by atoms with Crippen LogP contribution in [0, 0.1) is 0 Å². The van der Waals surface area contributed by atoms with Gasteiger partial charge >= 0.3 is 0 Å². The number of carbonyl (C=O) groups excluding carboxylic acids is 1. The lowest BCUT2D eigenvalue weighted by Crippen LogP contribution is -2.29. The number of rotatable bonds is 5. The molecule has 1 fully saturated rings. The Labute approximate surface area is 187 Å². The second kappa shape index (κ2) is 8.40. The minimum absolute atomic E-state index is 0.159. The smallest absolute Gasteiger partial charge is 0.256 e. The van der Waals surface area contributed by atoms with Gasteiger partial charge in [0.15, 0.2) is 5.82 Å². The van der Waals surface area contributed by atoms with Crippen LogP contribution in [0.1, 0.15) is 40.9 Å². The number of carbonyl (C=O) groups is 1. The summed E-state index contributed by atoms with van der Waals surface area (Å²) in [5, 5.41) is 9.90. The van der Waals surface area contributed by atoms with Crippen molar-refractivity contribution in [2.75, 3.05) is 23.3 Å². The van der Waals surface area contributed by atoms with E-state index in [4.69, 9.17) is 0 Å². The molecule has 0 spiro atoms. The monoisotopic (exact) mass is 451 g/mol. The fraction of sp³-hybridized carbons (Fsp3) is 0.304. The zero-order valence-corrected chi connectivity index (χ0v) is 18.4. The molecule has 2 N–H and O–H groups in total. The molecule has 3 heterocycles. The maximum atomic E-state index is 12.9. The molecule has 0 radical (unpaired) electrons. The first-order valence-corrected chi connectivity index (χ1v) is 12.2. The number of amides is 1. The summed E-state index contributed by atoms with van der Waals surface area (Å²) in [6, 6.07) is 15.9. The van der Waals surface area contributed by atoms with Gasteiger partial charge in [-0.15, -0.1) is 0 Å². The van der Waals surface area contributed by atoms with Crippen LogP contribution in [0.4, 0.5) is 11.5 Å². The average molecular weight is 452 g/mol. The lowest BCUT2D eigenvalue weighted by Gasteiger charge is -2.28. The second-order valence-corrected chi connectivity index (χ2v) is 10.1. The van der Waals surface area contributed by atoms with E-state index in [1.807, 2.05) is 24.3 Å². The molecule has 1 aromatic heterocycles. The molecule has 8 nitrogen and oxygen atoms in total. The van der Waals surface area contributed by atoms with Gasteiger partial charge < -0.3 is 10.2 Å². The summed E-state index contributed by atoms with van der Waals surface area (Å²) in [5.41, 5.74) is 3.06. The second-order valence-electron chi connectivity index (χ2n) is 8.16. The molecule has 1 amide bonds. The molecule has 9 heteroatoms. The van der Waals surface area contributed by atoms with E-state index in [9.17, 15) is 13.2 Å². The highest BCUT2D eigenvalue weighted by Gasteiger charge is 2.34. The van der Waals surface area contributed by atoms with Crippen molar-refractivity contribution in [3.8, 4) is 0 Å². The van der Waals surface area contributed by atoms with E-state index in [2.05, 4.69) is 20.4 Å². The quantitative estimate of drug-likeness (QED) is 0.620.